The Kier molecular flexibility index (Phi) is 3.55. The number of hydrogen-bond acceptors (Lipinski definition) is 1. The van der Waals surface area contributed by atoms with E-state index < -0.39 is 0 Å². The van der Waals surface area contributed by atoms with Crippen molar-refractivity contribution in [3.8, 4) is 0 Å². The first kappa shape index (κ1) is 10.3. The van der Waals surface area contributed by atoms with Crippen LogP contribution in [0.15, 0.2) is 18.2 Å². The Bertz CT molecular complexity index is 288. The molecule has 1 N–H and O–H groups in total. The van der Waals surface area contributed by atoms with Crippen molar-refractivity contribution < 1.29 is 4.39 Å². The third-order valence-electron chi connectivity index (χ3n) is 2.26. The molecule has 0 saturated heterocycles. The molecule has 0 amide bonds. The van der Waals surface area contributed by atoms with E-state index in [1.54, 1.807) is 6.07 Å². The number of anilines is 1. The predicted octanol–water partition coefficient (Wildman–Crippen LogP) is 3.00. The highest BCUT2D eigenvalue weighted by Crippen LogP contribution is 2.21. The predicted molar refractivity (Wildman–Crippen MR) is 55.1 cm³/mol. The molecule has 72 valence electrons. The van der Waals surface area contributed by atoms with Gasteiger partial charge in [0.15, 0.2) is 0 Å². The Morgan fingerprint density at radius 3 is 2.92 bits per heavy atom. The van der Waals surface area contributed by atoms with Crippen LogP contribution in [0.2, 0.25) is 0 Å². The maximum Gasteiger partial charge on any atom is 0.125 e. The van der Waals surface area contributed by atoms with Crippen LogP contribution in [-0.4, -0.2) is 6.54 Å². The molecule has 1 aromatic rings. The van der Waals surface area contributed by atoms with Crippen molar-refractivity contribution in [2.75, 3.05) is 11.9 Å². The Labute approximate surface area is 83.8 Å². The van der Waals surface area contributed by atoms with E-state index in [1.807, 2.05) is 6.07 Å². The van der Waals surface area contributed by atoms with Crippen LogP contribution in [-0.2, 0) is 6.42 Å². The molecule has 0 bridgehead atoms. The Morgan fingerprint density at radius 2 is 2.08 bits per heavy atom. The summed E-state index contributed by atoms with van der Waals surface area (Å²) < 4.78 is 12.8. The van der Waals surface area contributed by atoms with Gasteiger partial charge >= 0.3 is 0 Å². The lowest BCUT2D eigenvalue weighted by Crippen LogP contribution is -1.99. The Balaban J connectivity index is 0.000000845. The van der Waals surface area contributed by atoms with Crippen LogP contribution in [0, 0.1) is 5.82 Å². The van der Waals surface area contributed by atoms with E-state index in [0.717, 1.165) is 18.7 Å². The van der Waals surface area contributed by atoms with Crippen LogP contribution in [0.3, 0.4) is 0 Å². The zero-order valence-corrected chi connectivity index (χ0v) is 8.16. The van der Waals surface area contributed by atoms with Crippen LogP contribution in [0.1, 0.15) is 18.4 Å². The van der Waals surface area contributed by atoms with E-state index in [0.29, 0.717) is 0 Å². The summed E-state index contributed by atoms with van der Waals surface area (Å²) in [4.78, 5) is 0. The Hall–Kier alpha value is -0.760. The second-order valence-electron chi connectivity index (χ2n) is 3.19. The first-order valence-corrected chi connectivity index (χ1v) is 4.38. The van der Waals surface area contributed by atoms with Crippen molar-refractivity contribution in [2.45, 2.75) is 19.3 Å². The minimum atomic E-state index is -0.150. The maximum absolute atomic E-state index is 12.8. The average Bonchev–Trinajstić information content (AvgIpc) is 2.28. The molecule has 1 aliphatic rings. The smallest absolute Gasteiger partial charge is 0.125 e. The number of hydrogen-bond donors (Lipinski definition) is 1. The van der Waals surface area contributed by atoms with Crippen molar-refractivity contribution in [1.82, 2.24) is 0 Å². The van der Waals surface area contributed by atoms with E-state index >= 15 is 0 Å². The quantitative estimate of drug-likeness (QED) is 0.681. The topological polar surface area (TPSA) is 12.0 Å². The Morgan fingerprint density at radius 1 is 1.23 bits per heavy atom. The van der Waals surface area contributed by atoms with Crippen LogP contribution in [0.25, 0.3) is 0 Å². The van der Waals surface area contributed by atoms with Gasteiger partial charge < -0.3 is 5.32 Å². The summed E-state index contributed by atoms with van der Waals surface area (Å²) in [6.07, 6.45) is 3.45. The molecule has 2 rings (SSSR count). The molecular weight excluding hydrogens is 189 g/mol. The lowest BCUT2D eigenvalue weighted by Gasteiger charge is -2.06. The molecule has 0 radical (unpaired) electrons. The van der Waals surface area contributed by atoms with Crippen LogP contribution < -0.4 is 5.32 Å². The largest absolute Gasteiger partial charge is 0.385 e. The molecular formula is C10H13ClFN. The third-order valence-corrected chi connectivity index (χ3v) is 2.26. The molecule has 1 aliphatic heterocycles. The van der Waals surface area contributed by atoms with E-state index in [-0.39, 0.29) is 18.2 Å². The van der Waals surface area contributed by atoms with Gasteiger partial charge in [-0.1, -0.05) is 6.07 Å². The van der Waals surface area contributed by atoms with E-state index in [9.17, 15) is 4.39 Å². The molecule has 1 aromatic carbocycles. The molecule has 0 aliphatic carbocycles. The molecule has 3 heteroatoms. The number of benzene rings is 1. The minimum absolute atomic E-state index is 0. The molecule has 0 fully saturated rings. The summed E-state index contributed by atoms with van der Waals surface area (Å²) in [6.45, 7) is 0.969. The SMILES string of the molecule is Cl.Fc1ccc2c(c1)NCCCC2. The lowest BCUT2D eigenvalue weighted by atomic mass is 10.1. The fourth-order valence-corrected chi connectivity index (χ4v) is 1.59. The van der Waals surface area contributed by atoms with E-state index in [2.05, 4.69) is 5.32 Å². The molecule has 0 atom stereocenters. The van der Waals surface area contributed by atoms with Gasteiger partial charge in [-0.3, -0.25) is 0 Å². The van der Waals surface area contributed by atoms with Crippen LogP contribution in [0.4, 0.5) is 10.1 Å². The van der Waals surface area contributed by atoms with Gasteiger partial charge in [0.2, 0.25) is 0 Å². The minimum Gasteiger partial charge on any atom is -0.385 e. The summed E-state index contributed by atoms with van der Waals surface area (Å²) >= 11 is 0. The summed E-state index contributed by atoms with van der Waals surface area (Å²) in [5.41, 5.74) is 2.22. The summed E-state index contributed by atoms with van der Waals surface area (Å²) in [6, 6.07) is 5.00. The van der Waals surface area contributed by atoms with Gasteiger partial charge in [0.25, 0.3) is 0 Å². The van der Waals surface area contributed by atoms with Crippen molar-refractivity contribution in [1.29, 1.82) is 0 Å². The maximum atomic E-state index is 12.8. The first-order valence-electron chi connectivity index (χ1n) is 4.38. The molecule has 0 unspecified atom stereocenters. The van der Waals surface area contributed by atoms with Gasteiger partial charge in [0, 0.05) is 12.2 Å². The normalized spacial score (nSPS) is 14.8. The van der Waals surface area contributed by atoms with Crippen molar-refractivity contribution in [2.24, 2.45) is 0 Å². The van der Waals surface area contributed by atoms with Gasteiger partial charge in [0.05, 0.1) is 0 Å². The molecule has 0 saturated carbocycles. The number of nitrogens with one attached hydrogen (secondary N) is 1. The average molecular weight is 202 g/mol. The highest BCUT2D eigenvalue weighted by molar-refractivity contribution is 5.85. The van der Waals surface area contributed by atoms with Gasteiger partial charge in [-0.05, 0) is 37.0 Å². The zero-order chi connectivity index (χ0) is 8.39. The third kappa shape index (κ3) is 2.34. The van der Waals surface area contributed by atoms with Crippen LogP contribution >= 0.6 is 12.4 Å². The number of fused-ring (bicyclic) bond motifs is 1. The van der Waals surface area contributed by atoms with Gasteiger partial charge in [-0.2, -0.15) is 0 Å². The molecule has 1 heterocycles. The van der Waals surface area contributed by atoms with Gasteiger partial charge in [-0.15, -0.1) is 12.4 Å². The molecule has 0 spiro atoms. The highest BCUT2D eigenvalue weighted by Gasteiger charge is 2.06. The number of halogens is 2. The highest BCUT2D eigenvalue weighted by atomic mass is 35.5. The van der Waals surface area contributed by atoms with Crippen molar-refractivity contribution >= 4 is 18.1 Å². The molecule has 1 nitrogen and oxygen atoms in total. The first-order chi connectivity index (χ1) is 5.86. The van der Waals surface area contributed by atoms with Crippen molar-refractivity contribution in [3.63, 3.8) is 0 Å². The second kappa shape index (κ2) is 4.47. The zero-order valence-electron chi connectivity index (χ0n) is 7.35. The van der Waals surface area contributed by atoms with Crippen molar-refractivity contribution in [3.05, 3.63) is 29.6 Å². The number of aryl methyl sites for hydroxylation is 1. The van der Waals surface area contributed by atoms with E-state index in [4.69, 9.17) is 0 Å². The lowest BCUT2D eigenvalue weighted by molar-refractivity contribution is 0.627. The fourth-order valence-electron chi connectivity index (χ4n) is 1.59. The summed E-state index contributed by atoms with van der Waals surface area (Å²) in [5, 5.41) is 3.23. The molecule has 0 aromatic heterocycles. The standard InChI is InChI=1S/C10H12FN.ClH/c11-9-5-4-8-3-1-2-6-12-10(8)7-9;/h4-5,7,12H,1-3,6H2;1H. The molecule has 13 heavy (non-hydrogen) atoms. The summed E-state index contributed by atoms with van der Waals surface area (Å²) in [7, 11) is 0. The van der Waals surface area contributed by atoms with Gasteiger partial charge in [0.1, 0.15) is 5.82 Å². The van der Waals surface area contributed by atoms with Gasteiger partial charge in [-0.25, -0.2) is 4.39 Å². The van der Waals surface area contributed by atoms with E-state index in [1.165, 1.54) is 24.5 Å². The fraction of sp³-hybridized carbons (Fsp3) is 0.400. The monoisotopic (exact) mass is 201 g/mol. The van der Waals surface area contributed by atoms with Crippen LogP contribution in [0.5, 0.6) is 0 Å². The second-order valence-corrected chi connectivity index (χ2v) is 3.19. The summed E-state index contributed by atoms with van der Waals surface area (Å²) in [5.74, 6) is -0.150. The number of rotatable bonds is 0.